The number of carbonyl (C=O) groups excluding carboxylic acids is 1. The monoisotopic (exact) mass is 320 g/mol. The first-order valence-corrected chi connectivity index (χ1v) is 7.10. The largest absolute Gasteiger partial charge is 0.317 e. The zero-order chi connectivity index (χ0) is 14.8. The fourth-order valence-electron chi connectivity index (χ4n) is 1.76. The maximum absolute atomic E-state index is 12.1. The quantitative estimate of drug-likeness (QED) is 0.800. The minimum absolute atomic E-state index is 0.192. The molecule has 0 aliphatic rings. The van der Waals surface area contributed by atoms with E-state index in [-0.39, 0.29) is 15.4 Å². The Balaban J connectivity index is 1.93. The summed E-state index contributed by atoms with van der Waals surface area (Å²) in [6.45, 7) is 1.85. The molecule has 0 aliphatic heterocycles. The highest BCUT2D eigenvalue weighted by Crippen LogP contribution is 2.21. The van der Waals surface area contributed by atoms with Gasteiger partial charge in [-0.05, 0) is 30.7 Å². The van der Waals surface area contributed by atoms with Crippen molar-refractivity contribution in [2.45, 2.75) is 6.92 Å². The molecule has 1 amide bonds. The van der Waals surface area contributed by atoms with Crippen molar-refractivity contribution in [1.29, 1.82) is 0 Å². The second-order valence-corrected chi connectivity index (χ2v) is 5.59. The number of rotatable bonds is 3. The van der Waals surface area contributed by atoms with E-state index < -0.39 is 0 Å². The first-order valence-electron chi connectivity index (χ1n) is 5.91. The number of halogens is 1. The highest BCUT2D eigenvalue weighted by Gasteiger charge is 2.15. The smallest absolute Gasteiger partial charge is 0.286 e. The van der Waals surface area contributed by atoms with Gasteiger partial charge in [0.2, 0.25) is 9.47 Å². The first kappa shape index (κ1) is 13.7. The number of anilines is 1. The van der Waals surface area contributed by atoms with Gasteiger partial charge in [0.25, 0.3) is 5.91 Å². The maximum Gasteiger partial charge on any atom is 0.286 e. The lowest BCUT2D eigenvalue weighted by atomic mass is 10.3. The summed E-state index contributed by atoms with van der Waals surface area (Å²) in [4.78, 5) is 20.6. The number of nitrogens with one attached hydrogen (secondary N) is 1. The minimum Gasteiger partial charge on any atom is -0.317 e. The molecule has 0 fully saturated rings. The Kier molecular flexibility index (Phi) is 3.63. The van der Waals surface area contributed by atoms with Crippen LogP contribution in [-0.2, 0) is 0 Å². The number of pyridine rings is 1. The number of carbonyl (C=O) groups is 1. The fourth-order valence-corrected chi connectivity index (χ4v) is 2.48. The Morgan fingerprint density at radius 1 is 1.33 bits per heavy atom. The molecule has 3 aromatic rings. The van der Waals surface area contributed by atoms with Crippen molar-refractivity contribution in [3.05, 3.63) is 46.0 Å². The number of hydrogen-bond donors (Lipinski definition) is 1. The molecule has 1 N–H and O–H groups in total. The number of amides is 1. The van der Waals surface area contributed by atoms with Gasteiger partial charge in [-0.15, -0.1) is 10.2 Å². The number of imidazole rings is 1. The standard InChI is InChI=1S/C12H9ClN6OS/c1-7-14-5-6-19(7)9-8(3-2-4-15-9)16-10(20)11-17-18-12(13)21-11/h2-6H,1H3,(H,16,20). The molecule has 3 rings (SSSR count). The summed E-state index contributed by atoms with van der Waals surface area (Å²) in [6.07, 6.45) is 5.08. The molecule has 7 nitrogen and oxygen atoms in total. The first-order chi connectivity index (χ1) is 10.1. The average Bonchev–Trinajstić information content (AvgIpc) is 3.08. The summed E-state index contributed by atoms with van der Waals surface area (Å²) in [7, 11) is 0. The van der Waals surface area contributed by atoms with Crippen molar-refractivity contribution in [2.75, 3.05) is 5.32 Å². The van der Waals surface area contributed by atoms with E-state index in [0.29, 0.717) is 11.5 Å². The van der Waals surface area contributed by atoms with Crippen LogP contribution in [0.2, 0.25) is 4.47 Å². The zero-order valence-corrected chi connectivity index (χ0v) is 12.4. The molecule has 0 aromatic carbocycles. The van der Waals surface area contributed by atoms with E-state index in [9.17, 15) is 4.79 Å². The Hall–Kier alpha value is -2.32. The molecule has 0 spiro atoms. The molecule has 9 heteroatoms. The van der Waals surface area contributed by atoms with E-state index in [4.69, 9.17) is 11.6 Å². The van der Waals surface area contributed by atoms with Crippen LogP contribution in [0, 0.1) is 6.92 Å². The van der Waals surface area contributed by atoms with Crippen molar-refractivity contribution < 1.29 is 4.79 Å². The topological polar surface area (TPSA) is 85.6 Å². The van der Waals surface area contributed by atoms with E-state index in [1.54, 1.807) is 35.3 Å². The predicted molar refractivity (Wildman–Crippen MR) is 79.0 cm³/mol. The van der Waals surface area contributed by atoms with Gasteiger partial charge in [-0.2, -0.15) is 0 Å². The van der Waals surface area contributed by atoms with Crippen LogP contribution in [0.3, 0.4) is 0 Å². The lowest BCUT2D eigenvalue weighted by molar-refractivity contribution is 0.102. The fraction of sp³-hybridized carbons (Fsp3) is 0.0833. The van der Waals surface area contributed by atoms with Gasteiger partial charge < -0.3 is 5.32 Å². The summed E-state index contributed by atoms with van der Waals surface area (Å²) >= 11 is 6.69. The van der Waals surface area contributed by atoms with E-state index >= 15 is 0 Å². The summed E-state index contributed by atoms with van der Waals surface area (Å²) in [5.74, 6) is 0.964. The van der Waals surface area contributed by atoms with Gasteiger partial charge in [0.15, 0.2) is 5.82 Å². The molecule has 3 aromatic heterocycles. The Morgan fingerprint density at radius 2 is 2.19 bits per heavy atom. The molecular formula is C12H9ClN6OS. The van der Waals surface area contributed by atoms with E-state index in [1.807, 2.05) is 6.92 Å². The van der Waals surface area contributed by atoms with Crippen LogP contribution in [-0.4, -0.2) is 30.6 Å². The number of nitrogens with zero attached hydrogens (tertiary/aromatic N) is 5. The SMILES string of the molecule is Cc1nccn1-c1ncccc1NC(=O)c1nnc(Cl)s1. The van der Waals surface area contributed by atoms with Gasteiger partial charge in [0.1, 0.15) is 5.82 Å². The number of hydrogen-bond acceptors (Lipinski definition) is 6. The highest BCUT2D eigenvalue weighted by molar-refractivity contribution is 7.17. The van der Waals surface area contributed by atoms with Crippen LogP contribution >= 0.6 is 22.9 Å². The van der Waals surface area contributed by atoms with Crippen molar-refractivity contribution in [3.63, 3.8) is 0 Å². The van der Waals surface area contributed by atoms with Gasteiger partial charge in [0.05, 0.1) is 5.69 Å². The predicted octanol–water partition coefficient (Wildman–Crippen LogP) is 2.33. The summed E-state index contributed by atoms with van der Waals surface area (Å²) < 4.78 is 2.00. The van der Waals surface area contributed by atoms with E-state index in [1.165, 1.54) is 0 Å². The summed E-state index contributed by atoms with van der Waals surface area (Å²) in [6, 6.07) is 3.49. The number of aryl methyl sites for hydroxylation is 1. The molecular weight excluding hydrogens is 312 g/mol. The van der Waals surface area contributed by atoms with Gasteiger partial charge in [0, 0.05) is 18.6 Å². The second-order valence-electron chi connectivity index (χ2n) is 4.03. The maximum atomic E-state index is 12.1. The second kappa shape index (κ2) is 5.58. The van der Waals surface area contributed by atoms with Gasteiger partial charge in [-0.3, -0.25) is 9.36 Å². The summed E-state index contributed by atoms with van der Waals surface area (Å²) in [5.41, 5.74) is 0.551. The van der Waals surface area contributed by atoms with Crippen LogP contribution in [0.5, 0.6) is 0 Å². The van der Waals surface area contributed by atoms with Crippen LogP contribution < -0.4 is 5.32 Å². The molecule has 0 bridgehead atoms. The minimum atomic E-state index is -0.383. The third kappa shape index (κ3) is 2.76. The van der Waals surface area contributed by atoms with Crippen LogP contribution in [0.15, 0.2) is 30.7 Å². The highest BCUT2D eigenvalue weighted by atomic mass is 35.5. The third-order valence-corrected chi connectivity index (χ3v) is 3.70. The zero-order valence-electron chi connectivity index (χ0n) is 10.8. The molecule has 21 heavy (non-hydrogen) atoms. The summed E-state index contributed by atoms with van der Waals surface area (Å²) in [5, 5.41) is 10.3. The normalized spacial score (nSPS) is 10.6. The molecule has 0 radical (unpaired) electrons. The van der Waals surface area contributed by atoms with Crippen LogP contribution in [0.25, 0.3) is 5.82 Å². The molecule has 0 atom stereocenters. The van der Waals surface area contributed by atoms with Crippen molar-refractivity contribution in [3.8, 4) is 5.82 Å². The molecule has 0 unspecified atom stereocenters. The number of aromatic nitrogens is 5. The lowest BCUT2D eigenvalue weighted by Gasteiger charge is -2.10. The van der Waals surface area contributed by atoms with Crippen molar-refractivity contribution in [2.24, 2.45) is 0 Å². The van der Waals surface area contributed by atoms with E-state index in [0.717, 1.165) is 17.2 Å². The molecule has 0 saturated heterocycles. The Morgan fingerprint density at radius 3 is 2.86 bits per heavy atom. The van der Waals surface area contributed by atoms with Crippen LogP contribution in [0.1, 0.15) is 15.6 Å². The lowest BCUT2D eigenvalue weighted by Crippen LogP contribution is -2.14. The van der Waals surface area contributed by atoms with E-state index in [2.05, 4.69) is 25.5 Å². The van der Waals surface area contributed by atoms with Crippen molar-refractivity contribution in [1.82, 2.24) is 24.7 Å². The average molecular weight is 321 g/mol. The Labute approximate surface area is 128 Å². The van der Waals surface area contributed by atoms with Gasteiger partial charge >= 0.3 is 0 Å². The van der Waals surface area contributed by atoms with Crippen molar-refractivity contribution >= 4 is 34.5 Å². The molecule has 0 saturated carbocycles. The Bertz CT molecular complexity index is 798. The third-order valence-electron chi connectivity index (χ3n) is 2.68. The van der Waals surface area contributed by atoms with Gasteiger partial charge in [-0.1, -0.05) is 11.3 Å². The molecule has 106 valence electrons. The molecule has 3 heterocycles. The van der Waals surface area contributed by atoms with Gasteiger partial charge in [-0.25, -0.2) is 9.97 Å². The van der Waals surface area contributed by atoms with Crippen LogP contribution in [0.4, 0.5) is 5.69 Å². The molecule has 0 aliphatic carbocycles.